The van der Waals surface area contributed by atoms with Crippen molar-refractivity contribution in [2.75, 3.05) is 23.8 Å². The highest BCUT2D eigenvalue weighted by Crippen LogP contribution is 2.26. The van der Waals surface area contributed by atoms with Crippen LogP contribution in [0.2, 0.25) is 0 Å². The van der Waals surface area contributed by atoms with E-state index in [0.717, 1.165) is 19.4 Å². The number of thioether (sulfide) groups is 2. The lowest BCUT2D eigenvalue weighted by atomic mass is 10.2. The summed E-state index contributed by atoms with van der Waals surface area (Å²) in [6.07, 6.45) is 2.47. The summed E-state index contributed by atoms with van der Waals surface area (Å²) in [4.78, 5) is 14.2. The minimum absolute atomic E-state index is 0.00722. The lowest BCUT2D eigenvalue weighted by Crippen LogP contribution is -2.42. The van der Waals surface area contributed by atoms with Crippen LogP contribution < -0.4 is 5.32 Å². The summed E-state index contributed by atoms with van der Waals surface area (Å²) in [6.45, 7) is 5.09. The van der Waals surface area contributed by atoms with E-state index in [1.54, 1.807) is 0 Å². The van der Waals surface area contributed by atoms with Crippen molar-refractivity contribution in [2.45, 2.75) is 44.1 Å². The molecule has 3 nitrogen and oxygen atoms in total. The maximum absolute atomic E-state index is 12.1. The van der Waals surface area contributed by atoms with Crippen molar-refractivity contribution in [3.63, 3.8) is 0 Å². The molecule has 0 spiro atoms. The van der Waals surface area contributed by atoms with Gasteiger partial charge in [0, 0.05) is 29.1 Å². The molecule has 17 heavy (non-hydrogen) atoms. The van der Waals surface area contributed by atoms with E-state index < -0.39 is 0 Å². The molecule has 3 atom stereocenters. The zero-order chi connectivity index (χ0) is 12.3. The Kier molecular flexibility index (Phi) is 5.06. The quantitative estimate of drug-likeness (QED) is 0.847. The van der Waals surface area contributed by atoms with E-state index in [-0.39, 0.29) is 12.2 Å². The van der Waals surface area contributed by atoms with Gasteiger partial charge in [0.1, 0.15) is 0 Å². The van der Waals surface area contributed by atoms with E-state index in [2.05, 4.69) is 17.1 Å². The summed E-state index contributed by atoms with van der Waals surface area (Å²) in [5, 5.41) is 4.03. The number of nitrogens with one attached hydrogen (secondary N) is 1. The van der Waals surface area contributed by atoms with Gasteiger partial charge in [0.2, 0.25) is 5.91 Å². The number of nitrogens with zero attached hydrogens (tertiary/aromatic N) is 1. The number of carbonyl (C=O) groups is 1. The van der Waals surface area contributed by atoms with E-state index in [1.807, 2.05) is 30.4 Å². The van der Waals surface area contributed by atoms with Crippen molar-refractivity contribution in [3.05, 3.63) is 0 Å². The first-order chi connectivity index (χ1) is 8.22. The second kappa shape index (κ2) is 6.34. The molecule has 0 saturated carbocycles. The number of hydrogen-bond donors (Lipinski definition) is 1. The Morgan fingerprint density at radius 2 is 2.29 bits per heavy atom. The van der Waals surface area contributed by atoms with Crippen LogP contribution >= 0.6 is 23.5 Å². The molecular weight excluding hydrogens is 252 g/mol. The second-order valence-corrected chi connectivity index (χ2v) is 7.31. The average molecular weight is 274 g/mol. The van der Waals surface area contributed by atoms with Gasteiger partial charge in [-0.2, -0.15) is 23.5 Å². The number of hydrogen-bond acceptors (Lipinski definition) is 4. The van der Waals surface area contributed by atoms with Gasteiger partial charge in [0.25, 0.3) is 0 Å². The zero-order valence-corrected chi connectivity index (χ0v) is 12.3. The minimum Gasteiger partial charge on any atom is -0.325 e. The topological polar surface area (TPSA) is 32.3 Å². The molecule has 0 aromatic heterocycles. The van der Waals surface area contributed by atoms with Crippen molar-refractivity contribution in [1.29, 1.82) is 0 Å². The molecule has 0 radical (unpaired) electrons. The standard InChI is InChI=1S/C12H22N2OS2/c1-3-4-11-13-9(2)12(15)14(11)7-10-8-16-5-6-17-10/h9-11,13H,3-8H2,1-2H3. The monoisotopic (exact) mass is 274 g/mol. The molecule has 2 saturated heterocycles. The van der Waals surface area contributed by atoms with Gasteiger partial charge < -0.3 is 4.90 Å². The summed E-state index contributed by atoms with van der Waals surface area (Å²) < 4.78 is 0. The summed E-state index contributed by atoms with van der Waals surface area (Å²) in [5.74, 6) is 3.99. The van der Waals surface area contributed by atoms with Crippen molar-refractivity contribution in [1.82, 2.24) is 10.2 Å². The van der Waals surface area contributed by atoms with E-state index in [0.29, 0.717) is 11.2 Å². The van der Waals surface area contributed by atoms with Crippen molar-refractivity contribution < 1.29 is 4.79 Å². The van der Waals surface area contributed by atoms with Gasteiger partial charge in [-0.25, -0.2) is 0 Å². The average Bonchev–Trinajstić information content (AvgIpc) is 2.59. The second-order valence-electron chi connectivity index (χ2n) is 4.75. The highest BCUT2D eigenvalue weighted by molar-refractivity contribution is 8.06. The van der Waals surface area contributed by atoms with Crippen LogP contribution in [-0.2, 0) is 4.79 Å². The van der Waals surface area contributed by atoms with Crippen LogP contribution in [0.25, 0.3) is 0 Å². The van der Waals surface area contributed by atoms with Crippen molar-refractivity contribution in [2.24, 2.45) is 0 Å². The molecule has 0 aromatic rings. The van der Waals surface area contributed by atoms with Gasteiger partial charge in [-0.3, -0.25) is 10.1 Å². The van der Waals surface area contributed by atoms with Crippen molar-refractivity contribution >= 4 is 29.4 Å². The van der Waals surface area contributed by atoms with Crippen LogP contribution in [0.4, 0.5) is 0 Å². The molecule has 2 aliphatic heterocycles. The lowest BCUT2D eigenvalue weighted by Gasteiger charge is -2.30. The van der Waals surface area contributed by atoms with Crippen LogP contribution in [0.5, 0.6) is 0 Å². The van der Waals surface area contributed by atoms with Crippen molar-refractivity contribution in [3.8, 4) is 0 Å². The molecule has 1 N–H and O–H groups in total. The highest BCUT2D eigenvalue weighted by Gasteiger charge is 2.36. The summed E-state index contributed by atoms with van der Waals surface area (Å²) >= 11 is 4.05. The fourth-order valence-electron chi connectivity index (χ4n) is 2.44. The molecule has 0 bridgehead atoms. The molecule has 5 heteroatoms. The first-order valence-corrected chi connectivity index (χ1v) is 8.68. The molecule has 2 rings (SSSR count). The molecule has 3 unspecified atom stereocenters. The molecule has 2 heterocycles. The largest absolute Gasteiger partial charge is 0.325 e. The first-order valence-electron chi connectivity index (χ1n) is 6.48. The third-order valence-corrected chi connectivity index (χ3v) is 6.15. The summed E-state index contributed by atoms with van der Waals surface area (Å²) in [7, 11) is 0. The van der Waals surface area contributed by atoms with Gasteiger partial charge in [-0.05, 0) is 13.3 Å². The fourth-order valence-corrected chi connectivity index (χ4v) is 5.11. The summed E-state index contributed by atoms with van der Waals surface area (Å²) in [5.41, 5.74) is 0. The van der Waals surface area contributed by atoms with Gasteiger partial charge in [-0.15, -0.1) is 0 Å². The Morgan fingerprint density at radius 1 is 1.47 bits per heavy atom. The molecule has 1 amide bonds. The Labute approximate surface area is 112 Å². The normalized spacial score (nSPS) is 34.4. The minimum atomic E-state index is 0.00722. The maximum atomic E-state index is 12.1. The molecule has 2 fully saturated rings. The maximum Gasteiger partial charge on any atom is 0.240 e. The molecule has 98 valence electrons. The summed E-state index contributed by atoms with van der Waals surface area (Å²) in [6, 6.07) is 0.00722. The van der Waals surface area contributed by atoms with Crippen LogP contribution in [0.15, 0.2) is 0 Å². The van der Waals surface area contributed by atoms with Gasteiger partial charge in [0.15, 0.2) is 0 Å². The van der Waals surface area contributed by atoms with Crippen LogP contribution in [0.3, 0.4) is 0 Å². The number of rotatable bonds is 4. The Morgan fingerprint density at radius 3 is 2.94 bits per heavy atom. The van der Waals surface area contributed by atoms with E-state index >= 15 is 0 Å². The number of amides is 1. The smallest absolute Gasteiger partial charge is 0.240 e. The third kappa shape index (κ3) is 3.32. The Balaban J connectivity index is 1.93. The van der Waals surface area contributed by atoms with Crippen LogP contribution in [-0.4, -0.2) is 52.1 Å². The van der Waals surface area contributed by atoms with Crippen LogP contribution in [0, 0.1) is 0 Å². The van der Waals surface area contributed by atoms with E-state index in [4.69, 9.17) is 0 Å². The Bertz CT molecular complexity index is 269. The first kappa shape index (κ1) is 13.6. The van der Waals surface area contributed by atoms with E-state index in [9.17, 15) is 4.79 Å². The highest BCUT2D eigenvalue weighted by atomic mass is 32.2. The van der Waals surface area contributed by atoms with Gasteiger partial charge in [-0.1, -0.05) is 13.3 Å². The zero-order valence-electron chi connectivity index (χ0n) is 10.6. The van der Waals surface area contributed by atoms with Gasteiger partial charge >= 0.3 is 0 Å². The molecular formula is C12H22N2OS2. The predicted molar refractivity (Wildman–Crippen MR) is 76.6 cm³/mol. The number of carbonyl (C=O) groups excluding carboxylic acids is 1. The third-order valence-electron chi connectivity index (χ3n) is 3.32. The van der Waals surface area contributed by atoms with Gasteiger partial charge in [0.05, 0.1) is 12.2 Å². The van der Waals surface area contributed by atoms with E-state index in [1.165, 1.54) is 17.3 Å². The molecule has 2 aliphatic rings. The molecule has 0 aromatic carbocycles. The fraction of sp³-hybridized carbons (Fsp3) is 0.917. The molecule has 0 aliphatic carbocycles. The SMILES string of the molecule is CCCC1NC(C)C(=O)N1CC1CSCCS1. The lowest BCUT2D eigenvalue weighted by molar-refractivity contribution is -0.129. The predicted octanol–water partition coefficient (Wildman–Crippen LogP) is 1.78. The Hall–Kier alpha value is 0.130. The van der Waals surface area contributed by atoms with Crippen LogP contribution in [0.1, 0.15) is 26.7 Å².